The second-order valence-electron chi connectivity index (χ2n) is 6.69. The summed E-state index contributed by atoms with van der Waals surface area (Å²) in [6.45, 7) is 0.997. The van der Waals surface area contributed by atoms with Gasteiger partial charge in [-0.1, -0.05) is 18.2 Å². The zero-order chi connectivity index (χ0) is 23.0. The molecule has 168 valence electrons. The lowest BCUT2D eigenvalue weighted by Gasteiger charge is -2.12. The van der Waals surface area contributed by atoms with Crippen molar-refractivity contribution in [1.82, 2.24) is 20.9 Å². The standard InChI is InChI=1S/C22H22F3N5O2/c1-26-21(29-13-18-14-32-20(30-18)16-5-3-2-4-6-16)28-12-11-27-19(31)15-7-9-17(10-8-15)22(23,24)25/h2-10,14H,11-13H2,1H3,(H,27,31)(H2,26,28,29). The van der Waals surface area contributed by atoms with Gasteiger partial charge in [-0.2, -0.15) is 13.2 Å². The predicted molar refractivity (Wildman–Crippen MR) is 114 cm³/mol. The molecule has 7 nitrogen and oxygen atoms in total. The van der Waals surface area contributed by atoms with E-state index in [1.165, 1.54) is 0 Å². The molecule has 2 aromatic carbocycles. The Morgan fingerprint density at radius 2 is 1.69 bits per heavy atom. The number of hydrogen-bond donors (Lipinski definition) is 3. The number of benzene rings is 2. The van der Waals surface area contributed by atoms with Gasteiger partial charge in [0.15, 0.2) is 5.96 Å². The minimum atomic E-state index is -4.43. The molecule has 3 aromatic rings. The van der Waals surface area contributed by atoms with Crippen LogP contribution in [-0.2, 0) is 12.7 Å². The lowest BCUT2D eigenvalue weighted by Crippen LogP contribution is -2.41. The van der Waals surface area contributed by atoms with Gasteiger partial charge in [-0.05, 0) is 36.4 Å². The highest BCUT2D eigenvalue weighted by Gasteiger charge is 2.30. The number of guanidine groups is 1. The summed E-state index contributed by atoms with van der Waals surface area (Å²) in [7, 11) is 1.61. The first-order chi connectivity index (χ1) is 15.4. The van der Waals surface area contributed by atoms with Crippen LogP contribution in [0.3, 0.4) is 0 Å². The number of halogens is 3. The van der Waals surface area contributed by atoms with Crippen LogP contribution in [0.2, 0.25) is 0 Å². The number of oxazole rings is 1. The molecule has 0 saturated heterocycles. The van der Waals surface area contributed by atoms with Gasteiger partial charge in [0.2, 0.25) is 5.89 Å². The quantitative estimate of drug-likeness (QED) is 0.294. The Labute approximate surface area is 182 Å². The smallest absolute Gasteiger partial charge is 0.416 e. The van der Waals surface area contributed by atoms with E-state index in [0.29, 0.717) is 30.6 Å². The van der Waals surface area contributed by atoms with Crippen LogP contribution in [0.25, 0.3) is 11.5 Å². The van der Waals surface area contributed by atoms with Crippen LogP contribution in [-0.4, -0.2) is 37.0 Å². The van der Waals surface area contributed by atoms with Crippen LogP contribution in [0.15, 0.2) is 70.3 Å². The summed E-state index contributed by atoms with van der Waals surface area (Å²) in [6.07, 6.45) is -2.87. The first kappa shape index (κ1) is 22.9. The Balaban J connectivity index is 1.40. The van der Waals surface area contributed by atoms with Crippen LogP contribution in [0.5, 0.6) is 0 Å². The minimum Gasteiger partial charge on any atom is -0.444 e. The number of alkyl halides is 3. The fourth-order valence-electron chi connectivity index (χ4n) is 2.77. The number of amides is 1. The Hall–Kier alpha value is -3.82. The van der Waals surface area contributed by atoms with Crippen LogP contribution < -0.4 is 16.0 Å². The largest absolute Gasteiger partial charge is 0.444 e. The summed E-state index contributed by atoms with van der Waals surface area (Å²) in [5.74, 6) is 0.564. The predicted octanol–water partition coefficient (Wildman–Crippen LogP) is 3.46. The van der Waals surface area contributed by atoms with E-state index in [0.717, 1.165) is 29.8 Å². The molecule has 1 heterocycles. The molecule has 0 radical (unpaired) electrons. The molecule has 0 atom stereocenters. The highest BCUT2D eigenvalue weighted by molar-refractivity contribution is 5.94. The van der Waals surface area contributed by atoms with Gasteiger partial charge in [0.25, 0.3) is 5.91 Å². The van der Waals surface area contributed by atoms with Crippen molar-refractivity contribution < 1.29 is 22.4 Å². The summed E-state index contributed by atoms with van der Waals surface area (Å²) in [5.41, 5.74) is 0.932. The topological polar surface area (TPSA) is 91.5 Å². The van der Waals surface area contributed by atoms with Crippen LogP contribution in [0, 0.1) is 0 Å². The number of carbonyl (C=O) groups excluding carboxylic acids is 1. The number of aromatic nitrogens is 1. The maximum atomic E-state index is 12.6. The summed E-state index contributed by atoms with van der Waals surface area (Å²) in [4.78, 5) is 20.6. The van der Waals surface area contributed by atoms with Gasteiger partial charge >= 0.3 is 6.18 Å². The number of aliphatic imine (C=N–C) groups is 1. The molecule has 0 aliphatic rings. The summed E-state index contributed by atoms with van der Waals surface area (Å²) in [6, 6.07) is 13.6. The lowest BCUT2D eigenvalue weighted by molar-refractivity contribution is -0.137. The average molecular weight is 445 g/mol. The maximum absolute atomic E-state index is 12.6. The number of rotatable bonds is 7. The molecule has 0 bridgehead atoms. The highest BCUT2D eigenvalue weighted by atomic mass is 19.4. The Bertz CT molecular complexity index is 1050. The van der Waals surface area contributed by atoms with Gasteiger partial charge in [0, 0.05) is 31.3 Å². The van der Waals surface area contributed by atoms with Crippen molar-refractivity contribution in [3.05, 3.63) is 77.7 Å². The first-order valence-corrected chi connectivity index (χ1v) is 9.76. The van der Waals surface area contributed by atoms with E-state index in [4.69, 9.17) is 4.42 Å². The fourth-order valence-corrected chi connectivity index (χ4v) is 2.77. The van der Waals surface area contributed by atoms with Gasteiger partial charge in [-0.3, -0.25) is 9.79 Å². The Morgan fingerprint density at radius 1 is 1.00 bits per heavy atom. The molecular weight excluding hydrogens is 423 g/mol. The first-order valence-electron chi connectivity index (χ1n) is 9.76. The van der Waals surface area contributed by atoms with Crippen molar-refractivity contribution in [2.45, 2.75) is 12.7 Å². The molecule has 3 rings (SSSR count). The molecule has 1 aromatic heterocycles. The second-order valence-corrected chi connectivity index (χ2v) is 6.69. The third-order valence-electron chi connectivity index (χ3n) is 4.41. The van der Waals surface area contributed by atoms with Gasteiger partial charge in [0.05, 0.1) is 17.8 Å². The summed E-state index contributed by atoms with van der Waals surface area (Å²) < 4.78 is 43.3. The van der Waals surface area contributed by atoms with E-state index < -0.39 is 17.6 Å². The molecular formula is C22H22F3N5O2. The van der Waals surface area contributed by atoms with Gasteiger partial charge in [-0.25, -0.2) is 4.98 Å². The van der Waals surface area contributed by atoms with Crippen LogP contribution in [0.1, 0.15) is 21.6 Å². The van der Waals surface area contributed by atoms with Crippen LogP contribution in [0.4, 0.5) is 13.2 Å². The second kappa shape index (κ2) is 10.5. The van der Waals surface area contributed by atoms with Gasteiger partial charge < -0.3 is 20.4 Å². The Morgan fingerprint density at radius 3 is 2.34 bits per heavy atom. The highest BCUT2D eigenvalue weighted by Crippen LogP contribution is 2.29. The molecule has 10 heteroatoms. The average Bonchev–Trinajstić information content (AvgIpc) is 3.27. The number of hydrogen-bond acceptors (Lipinski definition) is 4. The van der Waals surface area contributed by atoms with Crippen molar-refractivity contribution in [2.75, 3.05) is 20.1 Å². The molecule has 0 aliphatic heterocycles. The molecule has 1 amide bonds. The van der Waals surface area contributed by atoms with Gasteiger partial charge in [-0.15, -0.1) is 0 Å². The molecule has 0 spiro atoms. The summed E-state index contributed by atoms with van der Waals surface area (Å²) >= 11 is 0. The Kier molecular flexibility index (Phi) is 7.48. The molecule has 0 fully saturated rings. The molecule has 3 N–H and O–H groups in total. The molecule has 0 saturated carbocycles. The van der Waals surface area contributed by atoms with E-state index in [-0.39, 0.29) is 12.1 Å². The van der Waals surface area contributed by atoms with Crippen LogP contribution >= 0.6 is 0 Å². The van der Waals surface area contributed by atoms with E-state index in [2.05, 4.69) is 25.9 Å². The monoisotopic (exact) mass is 445 g/mol. The van der Waals surface area contributed by atoms with Crippen molar-refractivity contribution in [3.8, 4) is 11.5 Å². The van der Waals surface area contributed by atoms with E-state index in [9.17, 15) is 18.0 Å². The number of nitrogens with zero attached hydrogens (tertiary/aromatic N) is 2. The maximum Gasteiger partial charge on any atom is 0.416 e. The van der Waals surface area contributed by atoms with Crippen molar-refractivity contribution in [3.63, 3.8) is 0 Å². The SMILES string of the molecule is CN=C(NCCNC(=O)c1ccc(C(F)(F)F)cc1)NCc1coc(-c2ccccc2)n1. The molecule has 32 heavy (non-hydrogen) atoms. The zero-order valence-corrected chi connectivity index (χ0v) is 17.2. The summed E-state index contributed by atoms with van der Waals surface area (Å²) in [5, 5.41) is 8.76. The molecule has 0 unspecified atom stereocenters. The number of nitrogens with one attached hydrogen (secondary N) is 3. The van der Waals surface area contributed by atoms with E-state index >= 15 is 0 Å². The van der Waals surface area contributed by atoms with Gasteiger partial charge in [0.1, 0.15) is 6.26 Å². The lowest BCUT2D eigenvalue weighted by atomic mass is 10.1. The normalized spacial score (nSPS) is 11.8. The third kappa shape index (κ3) is 6.34. The van der Waals surface area contributed by atoms with E-state index in [1.807, 2.05) is 30.3 Å². The van der Waals surface area contributed by atoms with E-state index in [1.54, 1.807) is 13.3 Å². The third-order valence-corrected chi connectivity index (χ3v) is 4.41. The fraction of sp³-hybridized carbons (Fsp3) is 0.227. The van der Waals surface area contributed by atoms with Crippen molar-refractivity contribution in [1.29, 1.82) is 0 Å². The number of carbonyl (C=O) groups is 1. The van der Waals surface area contributed by atoms with Crippen molar-refractivity contribution in [2.24, 2.45) is 4.99 Å². The van der Waals surface area contributed by atoms with Crippen molar-refractivity contribution >= 4 is 11.9 Å². The molecule has 0 aliphatic carbocycles. The minimum absolute atomic E-state index is 0.153. The zero-order valence-electron chi connectivity index (χ0n) is 17.2.